The number of anilines is 1. The Hall–Kier alpha value is -1.70. The first-order valence-electron chi connectivity index (χ1n) is 4.16. The first kappa shape index (κ1) is 12.4. The van der Waals surface area contributed by atoms with Gasteiger partial charge in [0.1, 0.15) is 5.69 Å². The molecular weight excluding hydrogens is 227 g/mol. The van der Waals surface area contributed by atoms with E-state index in [9.17, 15) is 13.2 Å². The van der Waals surface area contributed by atoms with Gasteiger partial charge in [0, 0.05) is 18.3 Å². The molecular formula is C8H10F3N3O2. The molecule has 90 valence electrons. The second-order valence-electron chi connectivity index (χ2n) is 2.79. The van der Waals surface area contributed by atoms with Crippen molar-refractivity contribution in [2.45, 2.75) is 12.9 Å². The minimum atomic E-state index is -4.84. The highest BCUT2D eigenvalue weighted by Gasteiger charge is 2.33. The van der Waals surface area contributed by atoms with Crippen LogP contribution < -0.4 is 20.9 Å². The third kappa shape index (κ3) is 2.66. The third-order valence-corrected chi connectivity index (χ3v) is 1.74. The monoisotopic (exact) mass is 237 g/mol. The number of ether oxygens (including phenoxy) is 2. The molecule has 1 aromatic heterocycles. The number of methoxy groups -OCH3 is 1. The zero-order valence-corrected chi connectivity index (χ0v) is 8.34. The molecule has 4 N–H and O–H groups in total. The lowest BCUT2D eigenvalue weighted by atomic mass is 10.2. The third-order valence-electron chi connectivity index (χ3n) is 1.74. The Balaban J connectivity index is 3.21. The average molecular weight is 237 g/mol. The number of pyridine rings is 1. The van der Waals surface area contributed by atoms with E-state index in [1.165, 1.54) is 7.11 Å². The number of hydrogen-bond acceptors (Lipinski definition) is 5. The van der Waals surface area contributed by atoms with Crippen molar-refractivity contribution in [2.75, 3.05) is 12.8 Å². The van der Waals surface area contributed by atoms with Gasteiger partial charge >= 0.3 is 6.36 Å². The van der Waals surface area contributed by atoms with E-state index < -0.39 is 12.1 Å². The quantitative estimate of drug-likeness (QED) is 0.820. The normalized spacial score (nSPS) is 11.3. The molecule has 0 atom stereocenters. The van der Waals surface area contributed by atoms with Crippen LogP contribution in [0, 0.1) is 0 Å². The molecule has 16 heavy (non-hydrogen) atoms. The molecule has 1 aromatic rings. The summed E-state index contributed by atoms with van der Waals surface area (Å²) in [5, 5.41) is 0. The van der Waals surface area contributed by atoms with Gasteiger partial charge in [-0.3, -0.25) is 0 Å². The van der Waals surface area contributed by atoms with E-state index in [1.54, 1.807) is 0 Å². The molecule has 0 saturated carbocycles. The molecule has 8 heteroatoms. The topological polar surface area (TPSA) is 83.4 Å². The summed E-state index contributed by atoms with van der Waals surface area (Å²) >= 11 is 0. The van der Waals surface area contributed by atoms with Gasteiger partial charge in [-0.1, -0.05) is 0 Å². The first-order valence-corrected chi connectivity index (χ1v) is 4.16. The van der Waals surface area contributed by atoms with E-state index in [4.69, 9.17) is 11.5 Å². The maximum Gasteiger partial charge on any atom is 0.573 e. The van der Waals surface area contributed by atoms with Gasteiger partial charge in [-0.25, -0.2) is 4.98 Å². The molecule has 0 aliphatic carbocycles. The van der Waals surface area contributed by atoms with Gasteiger partial charge in [0.25, 0.3) is 0 Å². The number of nitrogens with two attached hydrogens (primary N) is 2. The number of aromatic nitrogens is 1. The van der Waals surface area contributed by atoms with Gasteiger partial charge in [0.2, 0.25) is 5.88 Å². The number of rotatable bonds is 3. The molecule has 1 rings (SSSR count). The van der Waals surface area contributed by atoms with Gasteiger partial charge in [-0.2, -0.15) is 0 Å². The van der Waals surface area contributed by atoms with Crippen LogP contribution in [0.15, 0.2) is 6.20 Å². The van der Waals surface area contributed by atoms with Gasteiger partial charge in [0.05, 0.1) is 7.11 Å². The average Bonchev–Trinajstić information content (AvgIpc) is 2.19. The van der Waals surface area contributed by atoms with E-state index >= 15 is 0 Å². The number of nitrogens with zero attached hydrogens (tertiary/aromatic N) is 1. The number of hydrogen-bond donors (Lipinski definition) is 2. The van der Waals surface area contributed by atoms with Crippen molar-refractivity contribution in [2.24, 2.45) is 5.73 Å². The van der Waals surface area contributed by atoms with Crippen molar-refractivity contribution in [1.82, 2.24) is 4.98 Å². The van der Waals surface area contributed by atoms with Crippen molar-refractivity contribution in [3.8, 4) is 11.6 Å². The summed E-state index contributed by atoms with van der Waals surface area (Å²) in [5.41, 5.74) is 10.4. The molecule has 0 spiro atoms. The van der Waals surface area contributed by atoms with E-state index in [2.05, 4.69) is 14.5 Å². The molecule has 0 aromatic carbocycles. The van der Waals surface area contributed by atoms with E-state index in [0.29, 0.717) is 0 Å². The summed E-state index contributed by atoms with van der Waals surface area (Å²) in [4.78, 5) is 3.68. The molecule has 0 amide bonds. The first-order chi connectivity index (χ1) is 7.39. The fourth-order valence-electron chi connectivity index (χ4n) is 1.08. The van der Waals surface area contributed by atoms with E-state index in [-0.39, 0.29) is 23.7 Å². The number of alkyl halides is 3. The fraction of sp³-hybridized carbons (Fsp3) is 0.375. The second-order valence-corrected chi connectivity index (χ2v) is 2.79. The Morgan fingerprint density at radius 1 is 1.44 bits per heavy atom. The van der Waals surface area contributed by atoms with Crippen LogP contribution in [0.5, 0.6) is 11.6 Å². The number of nitrogen functional groups attached to an aromatic ring is 1. The van der Waals surface area contributed by atoms with E-state index in [0.717, 1.165) is 6.20 Å². The maximum atomic E-state index is 12.1. The maximum absolute atomic E-state index is 12.1. The molecule has 0 aliphatic rings. The molecule has 0 aliphatic heterocycles. The minimum Gasteiger partial charge on any atom is -0.479 e. The zero-order valence-electron chi connectivity index (χ0n) is 8.34. The highest BCUT2D eigenvalue weighted by atomic mass is 19.4. The smallest absolute Gasteiger partial charge is 0.479 e. The van der Waals surface area contributed by atoms with Gasteiger partial charge < -0.3 is 20.9 Å². The highest BCUT2D eigenvalue weighted by Crippen LogP contribution is 2.36. The summed E-state index contributed by atoms with van der Waals surface area (Å²) in [5.74, 6) is -0.710. The van der Waals surface area contributed by atoms with Crippen LogP contribution in [0.3, 0.4) is 0 Å². The lowest BCUT2D eigenvalue weighted by Crippen LogP contribution is -2.20. The SMILES string of the molecule is COc1ncc(CN)c(OC(F)(F)F)c1N. The minimum absolute atomic E-state index is 0.0515. The van der Waals surface area contributed by atoms with Crippen molar-refractivity contribution in [1.29, 1.82) is 0 Å². The molecule has 0 saturated heterocycles. The highest BCUT2D eigenvalue weighted by molar-refractivity contribution is 5.62. The Labute approximate surface area is 89.1 Å². The second kappa shape index (κ2) is 4.44. The zero-order chi connectivity index (χ0) is 12.3. The largest absolute Gasteiger partial charge is 0.573 e. The van der Waals surface area contributed by atoms with Gasteiger partial charge in [0.15, 0.2) is 5.75 Å². The Morgan fingerprint density at radius 3 is 2.50 bits per heavy atom. The lowest BCUT2D eigenvalue weighted by molar-refractivity contribution is -0.274. The van der Waals surface area contributed by atoms with E-state index in [1.807, 2.05) is 0 Å². The molecule has 0 fully saturated rings. The molecule has 0 bridgehead atoms. The van der Waals surface area contributed by atoms with Crippen LogP contribution in [0.1, 0.15) is 5.56 Å². The summed E-state index contributed by atoms with van der Waals surface area (Å²) in [7, 11) is 1.23. The summed E-state index contributed by atoms with van der Waals surface area (Å²) < 4.78 is 44.7. The van der Waals surface area contributed by atoms with Crippen molar-refractivity contribution < 1.29 is 22.6 Å². The van der Waals surface area contributed by atoms with Crippen LogP contribution in [-0.2, 0) is 6.54 Å². The van der Waals surface area contributed by atoms with Crippen LogP contribution >= 0.6 is 0 Å². The predicted molar refractivity (Wildman–Crippen MR) is 49.8 cm³/mol. The van der Waals surface area contributed by atoms with Crippen LogP contribution in [0.4, 0.5) is 18.9 Å². The predicted octanol–water partition coefficient (Wildman–Crippen LogP) is 1.03. The van der Waals surface area contributed by atoms with Crippen molar-refractivity contribution in [3.63, 3.8) is 0 Å². The summed E-state index contributed by atoms with van der Waals surface area (Å²) in [6, 6.07) is 0. The molecule has 0 unspecified atom stereocenters. The number of halogens is 3. The lowest BCUT2D eigenvalue weighted by Gasteiger charge is -2.15. The summed E-state index contributed by atoms with van der Waals surface area (Å²) in [6.07, 6.45) is -3.72. The van der Waals surface area contributed by atoms with Crippen molar-refractivity contribution >= 4 is 5.69 Å². The molecule has 1 heterocycles. The summed E-state index contributed by atoms with van der Waals surface area (Å²) in [6.45, 7) is -0.174. The van der Waals surface area contributed by atoms with Crippen LogP contribution in [0.25, 0.3) is 0 Å². The fourth-order valence-corrected chi connectivity index (χ4v) is 1.08. The van der Waals surface area contributed by atoms with Crippen LogP contribution in [0.2, 0.25) is 0 Å². The van der Waals surface area contributed by atoms with Gasteiger partial charge in [-0.15, -0.1) is 13.2 Å². The standard InChI is InChI=1S/C8H10F3N3O2/c1-15-7-5(13)6(16-8(9,10)11)4(2-12)3-14-7/h3H,2,12-13H2,1H3. The van der Waals surface area contributed by atoms with Gasteiger partial charge in [-0.05, 0) is 0 Å². The van der Waals surface area contributed by atoms with Crippen molar-refractivity contribution in [3.05, 3.63) is 11.8 Å². The Kier molecular flexibility index (Phi) is 3.43. The Morgan fingerprint density at radius 2 is 2.06 bits per heavy atom. The Bertz CT molecular complexity index is 382. The van der Waals surface area contributed by atoms with Crippen LogP contribution in [-0.4, -0.2) is 18.5 Å². The molecule has 0 radical (unpaired) electrons. The molecule has 5 nitrogen and oxygen atoms in total.